The first-order valence-electron chi connectivity index (χ1n) is 9.81. The Morgan fingerprint density at radius 1 is 1.30 bits per heavy atom. The summed E-state index contributed by atoms with van der Waals surface area (Å²) in [4.78, 5) is 24.2. The van der Waals surface area contributed by atoms with Crippen LogP contribution in [0.25, 0.3) is 10.9 Å². The zero-order valence-electron chi connectivity index (χ0n) is 16.3. The quantitative estimate of drug-likeness (QED) is 0.425. The summed E-state index contributed by atoms with van der Waals surface area (Å²) in [7, 11) is 0. The molecule has 4 rings (SSSR count). The molecule has 0 radical (unpaired) electrons. The fourth-order valence-corrected chi connectivity index (χ4v) is 3.81. The number of nitrogen functional groups attached to an aromatic ring is 1. The number of hydrogen-bond donors (Lipinski definition) is 3. The molecule has 156 valence electrons. The fraction of sp³-hybridized carbons (Fsp3) is 0.273. The zero-order chi connectivity index (χ0) is 21.3. The number of halogens is 1. The van der Waals surface area contributed by atoms with Crippen LogP contribution in [-0.4, -0.2) is 28.8 Å². The predicted octanol–water partition coefficient (Wildman–Crippen LogP) is 3.25. The molecule has 0 saturated carbocycles. The molecule has 2 heterocycles. The van der Waals surface area contributed by atoms with Gasteiger partial charge in [-0.1, -0.05) is 30.3 Å². The average molecular weight is 411 g/mol. The number of carbonyl (C=O) groups is 1. The van der Waals surface area contributed by atoms with Gasteiger partial charge < -0.3 is 25.5 Å². The summed E-state index contributed by atoms with van der Waals surface area (Å²) in [5, 5.41) is 12.3. The number of nitrogens with zero attached hydrogens (tertiary/aromatic N) is 1. The highest BCUT2D eigenvalue weighted by molar-refractivity contribution is 6.03. The van der Waals surface area contributed by atoms with E-state index in [2.05, 4.69) is 5.32 Å². The van der Waals surface area contributed by atoms with Crippen molar-refractivity contribution in [1.82, 2.24) is 4.57 Å². The van der Waals surface area contributed by atoms with Gasteiger partial charge >= 0.3 is 5.97 Å². The van der Waals surface area contributed by atoms with Crippen LogP contribution in [0, 0.1) is 5.82 Å². The highest BCUT2D eigenvalue weighted by Gasteiger charge is 2.27. The fourth-order valence-electron chi connectivity index (χ4n) is 3.81. The number of aromatic nitrogens is 1. The van der Waals surface area contributed by atoms with E-state index in [0.717, 1.165) is 12.8 Å². The minimum Gasteiger partial charge on any atom is -0.489 e. The smallest absolute Gasteiger partial charge is 0.341 e. The number of benzene rings is 2. The Morgan fingerprint density at radius 2 is 2.07 bits per heavy atom. The first-order chi connectivity index (χ1) is 14.5. The monoisotopic (exact) mass is 411 g/mol. The Hall–Kier alpha value is -3.55. The van der Waals surface area contributed by atoms with Crippen LogP contribution < -0.4 is 21.2 Å². The SMILES string of the molecule is Nc1c(F)c(NCCCc2ccccc2)c2c3c1c(=O)c(C(=O)O)cn3CCCO2. The van der Waals surface area contributed by atoms with Gasteiger partial charge in [0.15, 0.2) is 11.6 Å². The summed E-state index contributed by atoms with van der Waals surface area (Å²) in [5.41, 5.74) is 5.97. The second-order valence-corrected chi connectivity index (χ2v) is 7.24. The van der Waals surface area contributed by atoms with E-state index >= 15 is 4.39 Å². The molecule has 0 saturated heterocycles. The molecule has 1 aliphatic rings. The molecule has 0 fully saturated rings. The number of nitrogens with two attached hydrogens (primary N) is 1. The van der Waals surface area contributed by atoms with Crippen LogP contribution in [0.1, 0.15) is 28.8 Å². The number of carboxylic acid groups (broad SMARTS) is 1. The van der Waals surface area contributed by atoms with Gasteiger partial charge in [0.1, 0.15) is 11.3 Å². The number of pyridine rings is 1. The van der Waals surface area contributed by atoms with E-state index < -0.39 is 22.8 Å². The van der Waals surface area contributed by atoms with Crippen LogP contribution in [-0.2, 0) is 13.0 Å². The first kappa shape index (κ1) is 19.8. The minimum atomic E-state index is -1.37. The number of aromatic carboxylic acids is 1. The minimum absolute atomic E-state index is 0.103. The predicted molar refractivity (Wildman–Crippen MR) is 113 cm³/mol. The highest BCUT2D eigenvalue weighted by Crippen LogP contribution is 2.41. The molecule has 0 atom stereocenters. The molecule has 1 aliphatic heterocycles. The van der Waals surface area contributed by atoms with Gasteiger partial charge in [0.05, 0.1) is 23.2 Å². The molecule has 0 amide bonds. The van der Waals surface area contributed by atoms with Crippen LogP contribution in [0.15, 0.2) is 41.3 Å². The van der Waals surface area contributed by atoms with Crippen molar-refractivity contribution in [3.8, 4) is 5.75 Å². The Kier molecular flexibility index (Phi) is 5.31. The molecule has 8 heteroatoms. The summed E-state index contributed by atoms with van der Waals surface area (Å²) >= 11 is 0. The number of ether oxygens (including phenoxy) is 1. The van der Waals surface area contributed by atoms with Gasteiger partial charge in [-0.2, -0.15) is 0 Å². The Morgan fingerprint density at radius 3 is 2.80 bits per heavy atom. The second kappa shape index (κ2) is 8.06. The summed E-state index contributed by atoms with van der Waals surface area (Å²) < 4.78 is 22.6. The van der Waals surface area contributed by atoms with Crippen molar-refractivity contribution in [2.75, 3.05) is 24.2 Å². The van der Waals surface area contributed by atoms with Gasteiger partial charge in [0, 0.05) is 19.3 Å². The van der Waals surface area contributed by atoms with Gasteiger partial charge in [0.2, 0.25) is 5.43 Å². The van der Waals surface area contributed by atoms with E-state index in [1.807, 2.05) is 30.3 Å². The lowest BCUT2D eigenvalue weighted by Gasteiger charge is -2.19. The normalized spacial score (nSPS) is 13.0. The summed E-state index contributed by atoms with van der Waals surface area (Å²) in [6, 6.07) is 9.96. The van der Waals surface area contributed by atoms with E-state index in [9.17, 15) is 14.7 Å². The third kappa shape index (κ3) is 3.45. The summed E-state index contributed by atoms with van der Waals surface area (Å²) in [5.74, 6) is -1.98. The number of anilines is 2. The lowest BCUT2D eigenvalue weighted by Crippen LogP contribution is -2.21. The molecule has 1 aromatic heterocycles. The van der Waals surface area contributed by atoms with E-state index in [1.165, 1.54) is 11.8 Å². The Balaban J connectivity index is 1.74. The molecule has 4 N–H and O–H groups in total. The van der Waals surface area contributed by atoms with E-state index in [1.54, 1.807) is 4.57 Å². The first-order valence-corrected chi connectivity index (χ1v) is 9.81. The molecule has 2 aromatic carbocycles. The lowest BCUT2D eigenvalue weighted by atomic mass is 10.1. The molecule has 3 aromatic rings. The van der Waals surface area contributed by atoms with E-state index in [4.69, 9.17) is 10.5 Å². The standard InChI is InChI=1S/C22H22FN3O4/c23-16-17(24)15-19-21(18(16)25-9-4-8-13-6-2-1-3-7-13)30-11-5-10-26(19)12-14(20(15)27)22(28)29/h1-3,6-7,12,25H,4-5,8-11,24H2,(H,28,29). The average Bonchev–Trinajstić information content (AvgIpc) is 2.95. The molecule has 0 aliphatic carbocycles. The van der Waals surface area contributed by atoms with Crippen molar-refractivity contribution >= 4 is 28.2 Å². The van der Waals surface area contributed by atoms with Crippen LogP contribution >= 0.6 is 0 Å². The van der Waals surface area contributed by atoms with Crippen LogP contribution in [0.5, 0.6) is 5.75 Å². The third-order valence-corrected chi connectivity index (χ3v) is 5.26. The van der Waals surface area contributed by atoms with E-state index in [-0.39, 0.29) is 22.5 Å². The number of carboxylic acids is 1. The van der Waals surface area contributed by atoms with E-state index in [0.29, 0.717) is 31.6 Å². The zero-order valence-corrected chi connectivity index (χ0v) is 16.3. The van der Waals surface area contributed by atoms with Crippen molar-refractivity contribution < 1.29 is 19.0 Å². The number of rotatable bonds is 6. The number of hydrogen-bond acceptors (Lipinski definition) is 5. The van der Waals surface area contributed by atoms with Crippen molar-refractivity contribution in [3.63, 3.8) is 0 Å². The van der Waals surface area contributed by atoms with Gasteiger partial charge in [-0.15, -0.1) is 0 Å². The number of nitrogens with one attached hydrogen (secondary N) is 1. The van der Waals surface area contributed by atoms with Crippen molar-refractivity contribution in [2.45, 2.75) is 25.8 Å². The largest absolute Gasteiger partial charge is 0.489 e. The van der Waals surface area contributed by atoms with Crippen LogP contribution in [0.4, 0.5) is 15.8 Å². The van der Waals surface area contributed by atoms with Gasteiger partial charge in [-0.3, -0.25) is 4.79 Å². The topological polar surface area (TPSA) is 107 Å². The lowest BCUT2D eigenvalue weighted by molar-refractivity contribution is 0.0695. The highest BCUT2D eigenvalue weighted by atomic mass is 19.1. The second-order valence-electron chi connectivity index (χ2n) is 7.24. The number of aryl methyl sites for hydroxylation is 2. The van der Waals surface area contributed by atoms with Crippen LogP contribution in [0.3, 0.4) is 0 Å². The van der Waals surface area contributed by atoms with Crippen molar-refractivity contribution in [1.29, 1.82) is 0 Å². The summed E-state index contributed by atoms with van der Waals surface area (Å²) in [6.07, 6.45) is 3.44. The van der Waals surface area contributed by atoms with Crippen molar-refractivity contribution in [2.24, 2.45) is 0 Å². The molecule has 0 unspecified atom stereocenters. The van der Waals surface area contributed by atoms with Gasteiger partial charge in [0.25, 0.3) is 0 Å². The molecule has 30 heavy (non-hydrogen) atoms. The van der Waals surface area contributed by atoms with Gasteiger partial charge in [-0.25, -0.2) is 9.18 Å². The maximum absolute atomic E-state index is 15.2. The van der Waals surface area contributed by atoms with Crippen LogP contribution in [0.2, 0.25) is 0 Å². The Labute approximate surface area is 171 Å². The Bertz CT molecular complexity index is 1170. The maximum atomic E-state index is 15.2. The maximum Gasteiger partial charge on any atom is 0.341 e. The van der Waals surface area contributed by atoms with Gasteiger partial charge in [-0.05, 0) is 24.8 Å². The third-order valence-electron chi connectivity index (χ3n) is 5.26. The molecular formula is C22H22FN3O4. The summed E-state index contributed by atoms with van der Waals surface area (Å²) in [6.45, 7) is 1.22. The molecular weight excluding hydrogens is 389 g/mol. The molecule has 7 nitrogen and oxygen atoms in total. The molecule has 0 spiro atoms. The molecule has 0 bridgehead atoms. The van der Waals surface area contributed by atoms with Crippen molar-refractivity contribution in [3.05, 3.63) is 63.7 Å².